The largest absolute Gasteiger partial charge is 0.310 e. The van der Waals surface area contributed by atoms with Gasteiger partial charge in [-0.1, -0.05) is 6.92 Å². The highest BCUT2D eigenvalue weighted by Crippen LogP contribution is 2.10. The van der Waals surface area contributed by atoms with Crippen molar-refractivity contribution < 1.29 is 8.78 Å². The summed E-state index contributed by atoms with van der Waals surface area (Å²) in [6.45, 7) is 4.47. The van der Waals surface area contributed by atoms with E-state index in [0.717, 1.165) is 6.07 Å². The number of rotatable bonds is 5. The quantitative estimate of drug-likeness (QED) is 0.787. The minimum atomic E-state index is -0.546. The van der Waals surface area contributed by atoms with E-state index in [4.69, 9.17) is 11.6 Å². The molecule has 1 aromatic carbocycles. The van der Waals surface area contributed by atoms with Crippen molar-refractivity contribution in [3.8, 4) is 0 Å². The molecule has 2 unspecified atom stereocenters. The summed E-state index contributed by atoms with van der Waals surface area (Å²) in [4.78, 5) is 0. The van der Waals surface area contributed by atoms with Crippen LogP contribution in [0.25, 0.3) is 0 Å². The molecule has 0 saturated carbocycles. The zero-order valence-corrected chi connectivity index (χ0v) is 10.2. The van der Waals surface area contributed by atoms with Gasteiger partial charge in [0.25, 0.3) is 0 Å². The molecule has 1 aromatic rings. The fraction of sp³-hybridized carbons (Fsp3) is 0.500. The molecule has 0 heterocycles. The van der Waals surface area contributed by atoms with Crippen molar-refractivity contribution >= 4 is 11.6 Å². The van der Waals surface area contributed by atoms with Crippen molar-refractivity contribution in [3.63, 3.8) is 0 Å². The van der Waals surface area contributed by atoms with Gasteiger partial charge in [0, 0.05) is 24.5 Å². The lowest BCUT2D eigenvalue weighted by atomic mass is 10.1. The Morgan fingerprint density at radius 2 is 1.75 bits per heavy atom. The number of hydrogen-bond acceptors (Lipinski definition) is 1. The summed E-state index contributed by atoms with van der Waals surface area (Å²) in [5, 5.41) is 3.19. The second-order valence-electron chi connectivity index (χ2n) is 4.08. The number of nitrogens with one attached hydrogen (secondary N) is 1. The highest BCUT2D eigenvalue weighted by Gasteiger charge is 2.10. The van der Waals surface area contributed by atoms with Crippen LogP contribution in [0.4, 0.5) is 8.78 Å². The first-order valence-electron chi connectivity index (χ1n) is 5.27. The Labute approximate surface area is 99.8 Å². The number of benzene rings is 1. The van der Waals surface area contributed by atoms with Gasteiger partial charge in [-0.25, -0.2) is 8.78 Å². The van der Waals surface area contributed by atoms with Gasteiger partial charge in [0.15, 0.2) is 0 Å². The maximum atomic E-state index is 12.9. The van der Waals surface area contributed by atoms with Crippen LogP contribution in [-0.2, 0) is 6.54 Å². The van der Waals surface area contributed by atoms with Crippen molar-refractivity contribution in [1.82, 2.24) is 5.32 Å². The lowest BCUT2D eigenvalue weighted by molar-refractivity contribution is 0.428. The maximum Gasteiger partial charge on any atom is 0.126 e. The average molecular weight is 248 g/mol. The van der Waals surface area contributed by atoms with Crippen LogP contribution in [0.3, 0.4) is 0 Å². The third-order valence-corrected chi connectivity index (χ3v) is 3.13. The number of hydrogen-bond donors (Lipinski definition) is 1. The highest BCUT2D eigenvalue weighted by atomic mass is 35.5. The molecule has 1 rings (SSSR count). The number of halogens is 3. The normalized spacial score (nSPS) is 14.8. The van der Waals surface area contributed by atoms with Crippen LogP contribution in [0.1, 0.15) is 19.4 Å². The Morgan fingerprint density at radius 1 is 1.19 bits per heavy atom. The van der Waals surface area contributed by atoms with Gasteiger partial charge in [-0.15, -0.1) is 11.6 Å². The fourth-order valence-corrected chi connectivity index (χ4v) is 1.59. The second-order valence-corrected chi connectivity index (χ2v) is 4.39. The Balaban J connectivity index is 2.54. The molecule has 4 heteroatoms. The average Bonchev–Trinajstić information content (AvgIpc) is 2.23. The van der Waals surface area contributed by atoms with Gasteiger partial charge in [0.05, 0.1) is 0 Å². The van der Waals surface area contributed by atoms with Gasteiger partial charge in [-0.05, 0) is 30.5 Å². The maximum absolute atomic E-state index is 12.9. The molecular weight excluding hydrogens is 232 g/mol. The molecule has 0 fully saturated rings. The van der Waals surface area contributed by atoms with Gasteiger partial charge in [-0.2, -0.15) is 0 Å². The topological polar surface area (TPSA) is 12.0 Å². The first kappa shape index (κ1) is 13.4. The standard InChI is InChI=1S/C12H16ClF2N/c1-8(6-13)9(2)16-7-10-3-11(14)5-12(15)4-10/h3-5,8-9,16H,6-7H2,1-2H3. The van der Waals surface area contributed by atoms with Crippen molar-refractivity contribution in [2.45, 2.75) is 26.4 Å². The Morgan fingerprint density at radius 3 is 2.25 bits per heavy atom. The molecule has 0 spiro atoms. The van der Waals surface area contributed by atoms with Gasteiger partial charge in [0.1, 0.15) is 11.6 Å². The molecule has 0 amide bonds. The van der Waals surface area contributed by atoms with Gasteiger partial charge in [-0.3, -0.25) is 0 Å². The Kier molecular flexibility index (Phi) is 5.16. The lowest BCUT2D eigenvalue weighted by Gasteiger charge is -2.19. The van der Waals surface area contributed by atoms with E-state index in [1.54, 1.807) is 0 Å². The van der Waals surface area contributed by atoms with E-state index >= 15 is 0 Å². The van der Waals surface area contributed by atoms with Crippen molar-refractivity contribution in [2.75, 3.05) is 5.88 Å². The van der Waals surface area contributed by atoms with Gasteiger partial charge in [0.2, 0.25) is 0 Å². The molecule has 2 atom stereocenters. The van der Waals surface area contributed by atoms with E-state index in [-0.39, 0.29) is 6.04 Å². The Bertz CT molecular complexity index is 324. The van der Waals surface area contributed by atoms with E-state index in [1.807, 2.05) is 13.8 Å². The van der Waals surface area contributed by atoms with Crippen molar-refractivity contribution in [1.29, 1.82) is 0 Å². The van der Waals surface area contributed by atoms with E-state index in [9.17, 15) is 8.78 Å². The highest BCUT2D eigenvalue weighted by molar-refractivity contribution is 6.18. The molecule has 0 aromatic heterocycles. The third kappa shape index (κ3) is 4.06. The molecule has 0 saturated heterocycles. The molecular formula is C12H16ClF2N. The van der Waals surface area contributed by atoms with Crippen LogP contribution in [0.5, 0.6) is 0 Å². The molecule has 0 bridgehead atoms. The summed E-state index contributed by atoms with van der Waals surface area (Å²) in [7, 11) is 0. The van der Waals surface area contributed by atoms with Gasteiger partial charge < -0.3 is 5.32 Å². The summed E-state index contributed by atoms with van der Waals surface area (Å²) in [6.07, 6.45) is 0. The van der Waals surface area contributed by atoms with Gasteiger partial charge >= 0.3 is 0 Å². The van der Waals surface area contributed by atoms with Crippen LogP contribution in [-0.4, -0.2) is 11.9 Å². The minimum Gasteiger partial charge on any atom is -0.310 e. The first-order chi connectivity index (χ1) is 7.52. The summed E-state index contributed by atoms with van der Waals surface area (Å²) in [5.41, 5.74) is 0.603. The number of alkyl halides is 1. The first-order valence-corrected chi connectivity index (χ1v) is 5.80. The molecule has 0 aliphatic rings. The van der Waals surface area contributed by atoms with Crippen molar-refractivity contribution in [3.05, 3.63) is 35.4 Å². The molecule has 1 nitrogen and oxygen atoms in total. The summed E-state index contributed by atoms with van der Waals surface area (Å²) in [5.74, 6) is -0.212. The molecule has 0 aliphatic carbocycles. The summed E-state index contributed by atoms with van der Waals surface area (Å²) >= 11 is 5.72. The van der Waals surface area contributed by atoms with E-state index in [0.29, 0.717) is 23.9 Å². The van der Waals surface area contributed by atoms with Crippen LogP contribution in [0.15, 0.2) is 18.2 Å². The monoisotopic (exact) mass is 247 g/mol. The smallest absolute Gasteiger partial charge is 0.126 e. The van der Waals surface area contributed by atoms with Crippen LogP contribution >= 0.6 is 11.6 Å². The molecule has 0 aliphatic heterocycles. The minimum absolute atomic E-state index is 0.212. The summed E-state index contributed by atoms with van der Waals surface area (Å²) in [6, 6.07) is 3.74. The molecule has 90 valence electrons. The fourth-order valence-electron chi connectivity index (χ4n) is 1.33. The molecule has 1 N–H and O–H groups in total. The van der Waals surface area contributed by atoms with E-state index in [2.05, 4.69) is 5.32 Å². The zero-order chi connectivity index (χ0) is 12.1. The Hall–Kier alpha value is -0.670. The zero-order valence-electron chi connectivity index (χ0n) is 9.43. The predicted octanol–water partition coefficient (Wildman–Crippen LogP) is 3.32. The molecule has 0 radical (unpaired) electrons. The second kappa shape index (κ2) is 6.16. The van der Waals surface area contributed by atoms with E-state index in [1.165, 1.54) is 12.1 Å². The molecule has 16 heavy (non-hydrogen) atoms. The van der Waals surface area contributed by atoms with Crippen molar-refractivity contribution in [2.24, 2.45) is 5.92 Å². The third-order valence-electron chi connectivity index (χ3n) is 2.65. The lowest BCUT2D eigenvalue weighted by Crippen LogP contribution is -2.32. The van der Waals surface area contributed by atoms with E-state index < -0.39 is 11.6 Å². The van der Waals surface area contributed by atoms with Crippen LogP contribution < -0.4 is 5.32 Å². The SMILES string of the molecule is CC(CCl)C(C)NCc1cc(F)cc(F)c1. The van der Waals surface area contributed by atoms with Crippen LogP contribution in [0, 0.1) is 17.6 Å². The summed E-state index contributed by atoms with van der Waals surface area (Å²) < 4.78 is 25.8. The predicted molar refractivity (Wildman–Crippen MR) is 62.5 cm³/mol. The van der Waals surface area contributed by atoms with Crippen LogP contribution in [0.2, 0.25) is 0 Å².